The summed E-state index contributed by atoms with van der Waals surface area (Å²) in [5.74, 6) is -0.454. The normalized spacial score (nSPS) is 10.9. The summed E-state index contributed by atoms with van der Waals surface area (Å²) >= 11 is 1.49. The van der Waals surface area contributed by atoms with Crippen molar-refractivity contribution in [3.05, 3.63) is 83.9 Å². The molecule has 2 aromatic carbocycles. The van der Waals surface area contributed by atoms with E-state index in [1.54, 1.807) is 6.07 Å². The second-order valence-electron chi connectivity index (χ2n) is 4.78. The molecule has 120 valence electrons. The van der Waals surface area contributed by atoms with Crippen LogP contribution in [0.4, 0.5) is 4.39 Å². The Kier molecular flexibility index (Phi) is 5.08. The van der Waals surface area contributed by atoms with Gasteiger partial charge in [-0.2, -0.15) is 5.10 Å². The molecular weight excluding hydrogens is 327 g/mol. The Labute approximate surface area is 142 Å². The summed E-state index contributed by atoms with van der Waals surface area (Å²) in [5.41, 5.74) is 2.53. The number of rotatable bonds is 5. The molecule has 0 spiro atoms. The van der Waals surface area contributed by atoms with Crippen LogP contribution in [0.5, 0.6) is 0 Å². The van der Waals surface area contributed by atoms with E-state index in [9.17, 15) is 9.18 Å². The number of hydrogen-bond acceptors (Lipinski definition) is 4. The predicted octanol–water partition coefficient (Wildman–Crippen LogP) is 4.33. The average molecular weight is 340 g/mol. The maximum atomic E-state index is 13.1. The Morgan fingerprint density at radius 2 is 1.92 bits per heavy atom. The maximum Gasteiger partial charge on any atom is 0.271 e. The van der Waals surface area contributed by atoms with Gasteiger partial charge in [0.05, 0.1) is 6.21 Å². The van der Waals surface area contributed by atoms with E-state index in [0.717, 1.165) is 16.1 Å². The highest BCUT2D eigenvalue weighted by atomic mass is 32.2. The molecule has 6 heteroatoms. The molecule has 0 saturated carbocycles. The van der Waals surface area contributed by atoms with E-state index in [1.165, 1.54) is 36.2 Å². The largest absolute Gasteiger partial charge is 0.448 e. The molecule has 1 amide bonds. The van der Waals surface area contributed by atoms with E-state index in [1.807, 2.05) is 36.4 Å². The molecule has 0 aliphatic heterocycles. The van der Waals surface area contributed by atoms with Gasteiger partial charge in [0.25, 0.3) is 5.91 Å². The molecule has 3 aromatic rings. The summed E-state index contributed by atoms with van der Waals surface area (Å²) in [6.45, 7) is 0. The van der Waals surface area contributed by atoms with E-state index in [0.29, 0.717) is 5.76 Å². The number of hydrogen-bond donors (Lipinski definition) is 1. The van der Waals surface area contributed by atoms with Crippen LogP contribution in [-0.2, 0) is 0 Å². The summed E-state index contributed by atoms with van der Waals surface area (Å²) in [6, 6.07) is 18.8. The summed E-state index contributed by atoms with van der Waals surface area (Å²) < 4.78 is 18.7. The van der Waals surface area contributed by atoms with Crippen molar-refractivity contribution in [1.29, 1.82) is 0 Å². The van der Waals surface area contributed by atoms with Gasteiger partial charge in [0.2, 0.25) is 0 Å². The molecule has 24 heavy (non-hydrogen) atoms. The lowest BCUT2D eigenvalue weighted by Gasteiger charge is -1.99. The molecule has 1 heterocycles. The van der Waals surface area contributed by atoms with Crippen molar-refractivity contribution in [2.45, 2.75) is 9.99 Å². The minimum absolute atomic E-state index is 0.201. The highest BCUT2D eigenvalue weighted by Gasteiger charge is 2.05. The molecule has 0 saturated heterocycles. The quantitative estimate of drug-likeness (QED) is 0.555. The van der Waals surface area contributed by atoms with Crippen LogP contribution in [0.2, 0.25) is 0 Å². The molecule has 0 radical (unpaired) electrons. The van der Waals surface area contributed by atoms with Crippen molar-refractivity contribution in [3.8, 4) is 0 Å². The van der Waals surface area contributed by atoms with Gasteiger partial charge < -0.3 is 4.42 Å². The first-order chi connectivity index (χ1) is 11.7. The molecule has 1 N–H and O–H groups in total. The number of carbonyl (C=O) groups is 1. The summed E-state index contributed by atoms with van der Waals surface area (Å²) in [6.07, 6.45) is 1.40. The van der Waals surface area contributed by atoms with Crippen LogP contribution >= 0.6 is 11.8 Å². The van der Waals surface area contributed by atoms with Gasteiger partial charge in [-0.05, 0) is 42.5 Å². The van der Waals surface area contributed by atoms with Crippen molar-refractivity contribution < 1.29 is 13.6 Å². The van der Waals surface area contributed by atoms with Gasteiger partial charge in [0, 0.05) is 10.5 Å². The van der Waals surface area contributed by atoms with Crippen LogP contribution in [0.3, 0.4) is 0 Å². The maximum absolute atomic E-state index is 13.1. The molecule has 0 aliphatic rings. The Hall–Kier alpha value is -2.86. The lowest BCUT2D eigenvalue weighted by Crippen LogP contribution is -2.17. The Morgan fingerprint density at radius 1 is 1.08 bits per heavy atom. The first kappa shape index (κ1) is 16.0. The molecule has 3 rings (SSSR count). The van der Waals surface area contributed by atoms with Crippen LogP contribution < -0.4 is 5.43 Å². The SMILES string of the molecule is O=C(N/N=C\c1ccc(Sc2ccccc2)o1)c1cccc(F)c1. The van der Waals surface area contributed by atoms with Gasteiger partial charge in [-0.3, -0.25) is 4.79 Å². The average Bonchev–Trinajstić information content (AvgIpc) is 3.03. The second kappa shape index (κ2) is 7.61. The Morgan fingerprint density at radius 3 is 2.71 bits per heavy atom. The highest BCUT2D eigenvalue weighted by molar-refractivity contribution is 7.99. The summed E-state index contributed by atoms with van der Waals surface area (Å²) in [4.78, 5) is 12.9. The van der Waals surface area contributed by atoms with E-state index in [-0.39, 0.29) is 5.56 Å². The first-order valence-corrected chi connectivity index (χ1v) is 7.94. The number of carbonyl (C=O) groups excluding carboxylic acids is 1. The van der Waals surface area contributed by atoms with Gasteiger partial charge in [-0.25, -0.2) is 9.82 Å². The van der Waals surface area contributed by atoms with Crippen LogP contribution in [0, 0.1) is 5.82 Å². The predicted molar refractivity (Wildman–Crippen MR) is 90.7 cm³/mol. The molecular formula is C18H13FN2O2S. The van der Waals surface area contributed by atoms with Crippen LogP contribution in [0.15, 0.2) is 86.2 Å². The Bertz CT molecular complexity index is 862. The fourth-order valence-electron chi connectivity index (χ4n) is 1.91. The zero-order valence-electron chi connectivity index (χ0n) is 12.5. The smallest absolute Gasteiger partial charge is 0.271 e. The number of halogens is 1. The van der Waals surface area contributed by atoms with Gasteiger partial charge in [0.1, 0.15) is 11.6 Å². The third kappa shape index (κ3) is 4.33. The Balaban J connectivity index is 1.58. The molecule has 0 aliphatic carbocycles. The molecule has 0 bridgehead atoms. The molecule has 0 atom stereocenters. The number of furan rings is 1. The monoisotopic (exact) mass is 340 g/mol. The number of benzene rings is 2. The van der Waals surface area contributed by atoms with Crippen LogP contribution in [-0.4, -0.2) is 12.1 Å². The van der Waals surface area contributed by atoms with Crippen molar-refractivity contribution >= 4 is 23.9 Å². The lowest BCUT2D eigenvalue weighted by molar-refractivity contribution is 0.0954. The molecule has 0 unspecified atom stereocenters. The van der Waals surface area contributed by atoms with Crippen LogP contribution in [0.25, 0.3) is 0 Å². The summed E-state index contributed by atoms with van der Waals surface area (Å²) in [5, 5.41) is 4.54. The molecule has 1 aromatic heterocycles. The van der Waals surface area contributed by atoms with Crippen LogP contribution in [0.1, 0.15) is 16.1 Å². The van der Waals surface area contributed by atoms with E-state index in [4.69, 9.17) is 4.42 Å². The molecule has 4 nitrogen and oxygen atoms in total. The number of hydrazone groups is 1. The minimum atomic E-state index is -0.490. The van der Waals surface area contributed by atoms with Gasteiger partial charge in [-0.15, -0.1) is 0 Å². The fourth-order valence-corrected chi connectivity index (χ4v) is 2.71. The van der Waals surface area contributed by atoms with E-state index in [2.05, 4.69) is 10.5 Å². The number of nitrogens with one attached hydrogen (secondary N) is 1. The number of nitrogens with zero attached hydrogens (tertiary/aromatic N) is 1. The topological polar surface area (TPSA) is 54.6 Å². The van der Waals surface area contributed by atoms with Gasteiger partial charge in [-0.1, -0.05) is 36.0 Å². The highest BCUT2D eigenvalue weighted by Crippen LogP contribution is 2.28. The number of amides is 1. The second-order valence-corrected chi connectivity index (χ2v) is 5.86. The lowest BCUT2D eigenvalue weighted by atomic mass is 10.2. The van der Waals surface area contributed by atoms with E-state index >= 15 is 0 Å². The fraction of sp³-hybridized carbons (Fsp3) is 0. The van der Waals surface area contributed by atoms with Crippen molar-refractivity contribution in [1.82, 2.24) is 5.43 Å². The third-order valence-electron chi connectivity index (χ3n) is 3.01. The van der Waals surface area contributed by atoms with Crippen molar-refractivity contribution in [3.63, 3.8) is 0 Å². The zero-order chi connectivity index (χ0) is 16.8. The zero-order valence-corrected chi connectivity index (χ0v) is 13.3. The first-order valence-electron chi connectivity index (χ1n) is 7.12. The minimum Gasteiger partial charge on any atom is -0.448 e. The summed E-state index contributed by atoms with van der Waals surface area (Å²) in [7, 11) is 0. The van der Waals surface area contributed by atoms with E-state index < -0.39 is 11.7 Å². The van der Waals surface area contributed by atoms with Gasteiger partial charge in [0.15, 0.2) is 5.09 Å². The van der Waals surface area contributed by atoms with Crippen molar-refractivity contribution in [2.75, 3.05) is 0 Å². The molecule has 0 fully saturated rings. The third-order valence-corrected chi connectivity index (χ3v) is 3.94. The standard InChI is InChI=1S/C18H13FN2O2S/c19-14-6-4-5-13(11-14)18(22)21-20-12-15-9-10-17(23-15)24-16-7-2-1-3-8-16/h1-12H,(H,21,22)/b20-12-. The van der Waals surface area contributed by atoms with Crippen molar-refractivity contribution in [2.24, 2.45) is 5.10 Å². The van der Waals surface area contributed by atoms with Gasteiger partial charge >= 0.3 is 0 Å².